The SMILES string of the molecule is CC(C)(C)c1cccc(O)c1C(C)(C)C.[Ca+2].[H-].[H-]. The van der Waals surface area contributed by atoms with Crippen LogP contribution >= 0.6 is 0 Å². The summed E-state index contributed by atoms with van der Waals surface area (Å²) in [7, 11) is 0. The smallest absolute Gasteiger partial charge is 1.00 e. The first-order valence-electron chi connectivity index (χ1n) is 5.47. The Morgan fingerprint density at radius 2 is 1.44 bits per heavy atom. The molecular weight excluding hydrogens is 224 g/mol. The van der Waals surface area contributed by atoms with E-state index in [-0.39, 0.29) is 51.4 Å². The Balaban J connectivity index is -0.000000750. The summed E-state index contributed by atoms with van der Waals surface area (Å²) < 4.78 is 0. The van der Waals surface area contributed by atoms with Gasteiger partial charge >= 0.3 is 37.7 Å². The number of hydrogen-bond acceptors (Lipinski definition) is 1. The van der Waals surface area contributed by atoms with Gasteiger partial charge in [-0.2, -0.15) is 0 Å². The van der Waals surface area contributed by atoms with Gasteiger partial charge in [0.1, 0.15) is 5.75 Å². The van der Waals surface area contributed by atoms with E-state index in [1.807, 2.05) is 6.07 Å². The summed E-state index contributed by atoms with van der Waals surface area (Å²) in [6.45, 7) is 12.9. The number of hydrogen-bond donors (Lipinski definition) is 1. The standard InChI is InChI=1S/C14H22O.Ca.2H/c1-13(2,3)10-8-7-9-11(15)12(10)14(4,5)6;;;/h7-9,15H,1-6H3;;;/q;+2;2*-1. The fourth-order valence-electron chi connectivity index (χ4n) is 1.95. The van der Waals surface area contributed by atoms with Crippen molar-refractivity contribution in [3.63, 3.8) is 0 Å². The van der Waals surface area contributed by atoms with E-state index in [1.54, 1.807) is 6.07 Å². The second-order valence-electron chi connectivity index (χ2n) is 6.20. The molecule has 0 spiro atoms. The Hall–Kier alpha value is 0.280. The zero-order valence-electron chi connectivity index (χ0n) is 13.4. The second kappa shape index (κ2) is 5.29. The van der Waals surface area contributed by atoms with Crippen molar-refractivity contribution in [2.45, 2.75) is 52.4 Å². The third-order valence-electron chi connectivity index (χ3n) is 2.60. The van der Waals surface area contributed by atoms with E-state index >= 15 is 0 Å². The van der Waals surface area contributed by atoms with Crippen molar-refractivity contribution in [3.05, 3.63) is 29.3 Å². The molecule has 0 aliphatic carbocycles. The van der Waals surface area contributed by atoms with Crippen LogP contribution in [0.4, 0.5) is 0 Å². The first kappa shape index (κ1) is 16.3. The van der Waals surface area contributed by atoms with Crippen molar-refractivity contribution in [2.75, 3.05) is 0 Å². The monoisotopic (exact) mass is 248 g/mol. The minimum Gasteiger partial charge on any atom is -1.00 e. The van der Waals surface area contributed by atoms with Crippen LogP contribution in [0.25, 0.3) is 0 Å². The van der Waals surface area contributed by atoms with Crippen molar-refractivity contribution in [1.29, 1.82) is 0 Å². The van der Waals surface area contributed by atoms with Gasteiger partial charge in [-0.1, -0.05) is 53.7 Å². The summed E-state index contributed by atoms with van der Waals surface area (Å²) >= 11 is 0. The number of phenolic OH excluding ortho intramolecular Hbond substituents is 1. The van der Waals surface area contributed by atoms with E-state index in [0.717, 1.165) is 5.56 Å². The topological polar surface area (TPSA) is 20.2 Å². The van der Waals surface area contributed by atoms with Crippen LogP contribution in [-0.4, -0.2) is 42.8 Å². The van der Waals surface area contributed by atoms with Crippen molar-refractivity contribution in [1.82, 2.24) is 0 Å². The summed E-state index contributed by atoms with van der Waals surface area (Å²) in [5.41, 5.74) is 2.35. The zero-order chi connectivity index (χ0) is 11.9. The maximum Gasteiger partial charge on any atom is 2.00 e. The number of rotatable bonds is 0. The predicted molar refractivity (Wildman–Crippen MR) is 73.5 cm³/mol. The third kappa shape index (κ3) is 3.65. The van der Waals surface area contributed by atoms with Crippen molar-refractivity contribution < 1.29 is 7.96 Å². The molecule has 0 fully saturated rings. The van der Waals surface area contributed by atoms with Crippen molar-refractivity contribution in [3.8, 4) is 5.75 Å². The van der Waals surface area contributed by atoms with E-state index in [2.05, 4.69) is 47.6 Å². The molecule has 0 saturated carbocycles. The average Bonchev–Trinajstić information content (AvgIpc) is 1.99. The van der Waals surface area contributed by atoms with Gasteiger partial charge in [0.15, 0.2) is 0 Å². The van der Waals surface area contributed by atoms with Crippen LogP contribution in [0, 0.1) is 0 Å². The Bertz CT molecular complexity index is 365. The average molecular weight is 248 g/mol. The van der Waals surface area contributed by atoms with E-state index in [4.69, 9.17) is 0 Å². The van der Waals surface area contributed by atoms with E-state index in [0.29, 0.717) is 5.75 Å². The molecule has 1 aromatic rings. The first-order chi connectivity index (χ1) is 6.64. The zero-order valence-corrected chi connectivity index (χ0v) is 13.6. The Morgan fingerprint density at radius 3 is 1.75 bits per heavy atom. The summed E-state index contributed by atoms with van der Waals surface area (Å²) in [5, 5.41) is 9.99. The van der Waals surface area contributed by atoms with Crippen LogP contribution in [0.1, 0.15) is 55.5 Å². The molecular formula is C14H24CaO. The molecule has 0 bridgehead atoms. The summed E-state index contributed by atoms with van der Waals surface area (Å²) in [5.74, 6) is 0.412. The van der Waals surface area contributed by atoms with Crippen LogP contribution in [0.2, 0.25) is 0 Å². The molecule has 1 aromatic carbocycles. The third-order valence-corrected chi connectivity index (χ3v) is 2.60. The van der Waals surface area contributed by atoms with Gasteiger partial charge in [-0.3, -0.25) is 0 Å². The first-order valence-corrected chi connectivity index (χ1v) is 5.47. The molecule has 0 aromatic heterocycles. The van der Waals surface area contributed by atoms with Gasteiger partial charge in [0.25, 0.3) is 0 Å². The van der Waals surface area contributed by atoms with Gasteiger partial charge in [-0.05, 0) is 22.5 Å². The normalized spacial score (nSPS) is 12.1. The maximum absolute atomic E-state index is 9.99. The molecule has 0 heterocycles. The molecule has 0 aliphatic heterocycles. The second-order valence-corrected chi connectivity index (χ2v) is 6.20. The molecule has 1 rings (SSSR count). The van der Waals surface area contributed by atoms with Crippen LogP contribution in [0.3, 0.4) is 0 Å². The van der Waals surface area contributed by atoms with Crippen LogP contribution in [-0.2, 0) is 10.8 Å². The Kier molecular flexibility index (Phi) is 5.38. The van der Waals surface area contributed by atoms with Crippen LogP contribution < -0.4 is 0 Å². The van der Waals surface area contributed by atoms with E-state index in [9.17, 15) is 5.11 Å². The summed E-state index contributed by atoms with van der Waals surface area (Å²) in [6.07, 6.45) is 0. The molecule has 1 nitrogen and oxygen atoms in total. The predicted octanol–water partition coefficient (Wildman–Crippen LogP) is 3.83. The van der Waals surface area contributed by atoms with Gasteiger partial charge < -0.3 is 7.96 Å². The fourth-order valence-corrected chi connectivity index (χ4v) is 1.95. The molecule has 0 atom stereocenters. The molecule has 0 aliphatic rings. The van der Waals surface area contributed by atoms with Crippen LogP contribution in [0.15, 0.2) is 18.2 Å². The number of phenols is 1. The molecule has 0 amide bonds. The van der Waals surface area contributed by atoms with Crippen molar-refractivity contribution >= 4 is 37.7 Å². The summed E-state index contributed by atoms with van der Waals surface area (Å²) in [6, 6.07) is 5.81. The largest absolute Gasteiger partial charge is 2.00 e. The molecule has 16 heavy (non-hydrogen) atoms. The van der Waals surface area contributed by atoms with E-state index in [1.165, 1.54) is 5.56 Å². The van der Waals surface area contributed by atoms with Crippen molar-refractivity contribution in [2.24, 2.45) is 0 Å². The van der Waals surface area contributed by atoms with Gasteiger partial charge in [-0.15, -0.1) is 0 Å². The van der Waals surface area contributed by atoms with Gasteiger partial charge in [-0.25, -0.2) is 0 Å². The Morgan fingerprint density at radius 1 is 0.938 bits per heavy atom. The fraction of sp³-hybridized carbons (Fsp3) is 0.571. The molecule has 88 valence electrons. The quantitative estimate of drug-likeness (QED) is 0.692. The number of benzene rings is 1. The minimum absolute atomic E-state index is 0. The van der Waals surface area contributed by atoms with E-state index < -0.39 is 0 Å². The number of aromatic hydroxyl groups is 1. The summed E-state index contributed by atoms with van der Waals surface area (Å²) in [4.78, 5) is 0. The molecule has 0 saturated heterocycles. The Labute approximate surface area is 132 Å². The molecule has 1 N–H and O–H groups in total. The molecule has 0 radical (unpaired) electrons. The van der Waals surface area contributed by atoms with Gasteiger partial charge in [0, 0.05) is 5.56 Å². The van der Waals surface area contributed by atoms with Gasteiger partial charge in [0.2, 0.25) is 0 Å². The van der Waals surface area contributed by atoms with Gasteiger partial charge in [0.05, 0.1) is 0 Å². The molecule has 0 unspecified atom stereocenters. The van der Waals surface area contributed by atoms with Crippen LogP contribution in [0.5, 0.6) is 5.75 Å². The molecule has 2 heteroatoms. The maximum atomic E-state index is 9.99. The minimum atomic E-state index is -0.0199.